The van der Waals surface area contributed by atoms with Gasteiger partial charge in [-0.2, -0.15) is 0 Å². The summed E-state index contributed by atoms with van der Waals surface area (Å²) in [5.41, 5.74) is 1.54. The van der Waals surface area contributed by atoms with E-state index in [1.165, 1.54) is 7.11 Å². The number of fused-ring (bicyclic) bond motifs is 1. The van der Waals surface area contributed by atoms with Gasteiger partial charge in [-0.15, -0.1) is 0 Å². The average Bonchev–Trinajstić information content (AvgIpc) is 2.62. The highest BCUT2D eigenvalue weighted by molar-refractivity contribution is 6.32. The summed E-state index contributed by atoms with van der Waals surface area (Å²) in [6.45, 7) is 0.348. The van der Waals surface area contributed by atoms with Crippen molar-refractivity contribution < 1.29 is 9.53 Å². The largest absolute Gasteiger partial charge is 0.495 e. The van der Waals surface area contributed by atoms with Crippen LogP contribution in [0.2, 0.25) is 5.02 Å². The first-order valence-corrected chi connectivity index (χ1v) is 8.04. The number of halogens is 1. The third kappa shape index (κ3) is 3.80. The third-order valence-electron chi connectivity index (χ3n) is 3.82. The van der Waals surface area contributed by atoms with Gasteiger partial charge in [0, 0.05) is 35.5 Å². The van der Waals surface area contributed by atoms with Crippen LogP contribution in [0.4, 0.5) is 0 Å². The number of pyridine rings is 2. The van der Waals surface area contributed by atoms with Gasteiger partial charge in [-0.3, -0.25) is 14.6 Å². The highest BCUT2D eigenvalue weighted by Gasteiger charge is 2.09. The Morgan fingerprint density at radius 3 is 2.76 bits per heavy atom. The minimum atomic E-state index is -0.202. The highest BCUT2D eigenvalue weighted by Crippen LogP contribution is 2.28. The number of ether oxygens (including phenoxy) is 1. The first-order valence-electron chi connectivity index (χ1n) is 7.66. The number of rotatable bonds is 5. The standard InChI is InChI=1S/C18H16ClN3O3/c1-25-16-9-13-8-12(18(24)22-15(13)10-14(16)19)4-7-21-17(23)11-2-5-20-6-3-11/h2-3,5-6,8-10H,4,7H2,1H3,(H,21,23)(H,22,24). The molecule has 1 aromatic carbocycles. The zero-order chi connectivity index (χ0) is 17.8. The number of methoxy groups -OCH3 is 1. The lowest BCUT2D eigenvalue weighted by atomic mass is 10.1. The minimum Gasteiger partial charge on any atom is -0.495 e. The lowest BCUT2D eigenvalue weighted by Gasteiger charge is -2.08. The van der Waals surface area contributed by atoms with Crippen LogP contribution in [0.1, 0.15) is 15.9 Å². The number of nitrogens with one attached hydrogen (secondary N) is 2. The molecule has 3 rings (SSSR count). The van der Waals surface area contributed by atoms with Crippen LogP contribution in [0.15, 0.2) is 47.5 Å². The topological polar surface area (TPSA) is 84.1 Å². The molecule has 0 unspecified atom stereocenters. The second-order valence-electron chi connectivity index (χ2n) is 5.44. The number of hydrogen-bond acceptors (Lipinski definition) is 4. The SMILES string of the molecule is COc1cc2cc(CCNC(=O)c3ccncc3)c(=O)[nH]c2cc1Cl. The van der Waals surface area contributed by atoms with Gasteiger partial charge in [0.1, 0.15) is 5.75 Å². The highest BCUT2D eigenvalue weighted by atomic mass is 35.5. The number of aromatic nitrogens is 2. The van der Waals surface area contributed by atoms with Crippen molar-refractivity contribution in [3.05, 3.63) is 69.2 Å². The molecule has 0 aliphatic carbocycles. The van der Waals surface area contributed by atoms with Crippen LogP contribution in [0.5, 0.6) is 5.75 Å². The fourth-order valence-corrected chi connectivity index (χ4v) is 2.75. The molecular weight excluding hydrogens is 342 g/mol. The lowest BCUT2D eigenvalue weighted by Crippen LogP contribution is -2.27. The summed E-state index contributed by atoms with van der Waals surface area (Å²) in [5, 5.41) is 4.04. The van der Waals surface area contributed by atoms with Gasteiger partial charge in [-0.25, -0.2) is 0 Å². The second-order valence-corrected chi connectivity index (χ2v) is 5.85. The van der Waals surface area contributed by atoms with E-state index in [0.29, 0.717) is 40.4 Å². The van der Waals surface area contributed by atoms with Crippen LogP contribution in [-0.2, 0) is 6.42 Å². The number of carbonyl (C=O) groups is 1. The molecule has 1 amide bonds. The Balaban J connectivity index is 1.75. The van der Waals surface area contributed by atoms with E-state index >= 15 is 0 Å². The maximum absolute atomic E-state index is 12.2. The Morgan fingerprint density at radius 2 is 2.04 bits per heavy atom. The molecule has 0 aliphatic heterocycles. The van der Waals surface area contributed by atoms with Gasteiger partial charge in [-0.05, 0) is 36.8 Å². The molecule has 2 heterocycles. The molecule has 0 aliphatic rings. The minimum absolute atomic E-state index is 0.201. The lowest BCUT2D eigenvalue weighted by molar-refractivity contribution is 0.0954. The maximum Gasteiger partial charge on any atom is 0.251 e. The van der Waals surface area contributed by atoms with Crippen molar-refractivity contribution in [2.45, 2.75) is 6.42 Å². The van der Waals surface area contributed by atoms with E-state index in [4.69, 9.17) is 16.3 Å². The molecule has 0 spiro atoms. The molecule has 0 radical (unpaired) electrons. The van der Waals surface area contributed by atoms with E-state index in [2.05, 4.69) is 15.3 Å². The van der Waals surface area contributed by atoms with Gasteiger partial charge in [-0.1, -0.05) is 11.6 Å². The molecule has 6 nitrogen and oxygen atoms in total. The quantitative estimate of drug-likeness (QED) is 0.735. The predicted molar refractivity (Wildman–Crippen MR) is 96.4 cm³/mol. The summed E-state index contributed by atoms with van der Waals surface area (Å²) in [5.74, 6) is 0.339. The maximum atomic E-state index is 12.2. The first-order chi connectivity index (χ1) is 12.1. The van der Waals surface area contributed by atoms with Gasteiger partial charge < -0.3 is 15.0 Å². The molecule has 0 fully saturated rings. The Kier molecular flexibility index (Phi) is 5.00. The van der Waals surface area contributed by atoms with E-state index in [1.807, 2.05) is 0 Å². The van der Waals surface area contributed by atoms with Crippen molar-refractivity contribution in [1.29, 1.82) is 0 Å². The predicted octanol–water partition coefficient (Wildman–Crippen LogP) is 2.56. The van der Waals surface area contributed by atoms with Crippen molar-refractivity contribution in [3.8, 4) is 5.75 Å². The van der Waals surface area contributed by atoms with Gasteiger partial charge >= 0.3 is 0 Å². The summed E-state index contributed by atoms with van der Waals surface area (Å²) in [4.78, 5) is 30.9. The Hall–Kier alpha value is -2.86. The van der Waals surface area contributed by atoms with Gasteiger partial charge in [0.2, 0.25) is 0 Å². The molecule has 25 heavy (non-hydrogen) atoms. The zero-order valence-electron chi connectivity index (χ0n) is 13.5. The van der Waals surface area contributed by atoms with E-state index in [1.54, 1.807) is 42.7 Å². The molecular formula is C18H16ClN3O3. The van der Waals surface area contributed by atoms with E-state index in [0.717, 1.165) is 5.39 Å². The summed E-state index contributed by atoms with van der Waals surface area (Å²) in [7, 11) is 1.54. The number of amides is 1. The zero-order valence-corrected chi connectivity index (χ0v) is 14.3. The molecule has 3 aromatic rings. The normalized spacial score (nSPS) is 10.6. The van der Waals surface area contributed by atoms with E-state index in [9.17, 15) is 9.59 Å². The average molecular weight is 358 g/mol. The number of aromatic amines is 1. The Bertz CT molecular complexity index is 970. The number of nitrogens with zero attached hydrogens (tertiary/aromatic N) is 1. The van der Waals surface area contributed by atoms with Crippen LogP contribution >= 0.6 is 11.6 Å². The van der Waals surface area contributed by atoms with Gasteiger partial charge in [0.25, 0.3) is 11.5 Å². The molecule has 0 atom stereocenters. The van der Waals surface area contributed by atoms with Crippen LogP contribution < -0.4 is 15.6 Å². The fourth-order valence-electron chi connectivity index (χ4n) is 2.51. The molecule has 2 aromatic heterocycles. The van der Waals surface area contributed by atoms with Crippen molar-refractivity contribution in [2.24, 2.45) is 0 Å². The van der Waals surface area contributed by atoms with Crippen LogP contribution in [0, 0.1) is 0 Å². The van der Waals surface area contributed by atoms with Crippen LogP contribution in [0.3, 0.4) is 0 Å². The summed E-state index contributed by atoms with van der Waals surface area (Å²) in [6.07, 6.45) is 3.52. The number of carbonyl (C=O) groups excluding carboxylic acids is 1. The summed E-state index contributed by atoms with van der Waals surface area (Å²) in [6, 6.07) is 8.48. The number of benzene rings is 1. The number of hydrogen-bond donors (Lipinski definition) is 2. The summed E-state index contributed by atoms with van der Waals surface area (Å²) < 4.78 is 5.20. The number of H-pyrrole nitrogens is 1. The van der Waals surface area contributed by atoms with Gasteiger partial charge in [0.15, 0.2) is 0 Å². The molecule has 2 N–H and O–H groups in total. The molecule has 0 saturated heterocycles. The van der Waals surface area contributed by atoms with Crippen LogP contribution in [-0.4, -0.2) is 29.5 Å². The Labute approximate surface area is 148 Å². The van der Waals surface area contributed by atoms with Gasteiger partial charge in [0.05, 0.1) is 17.6 Å². The van der Waals surface area contributed by atoms with Crippen LogP contribution in [0.25, 0.3) is 10.9 Å². The molecule has 7 heteroatoms. The fraction of sp³-hybridized carbons (Fsp3) is 0.167. The van der Waals surface area contributed by atoms with Crippen molar-refractivity contribution in [1.82, 2.24) is 15.3 Å². The van der Waals surface area contributed by atoms with Crippen molar-refractivity contribution >= 4 is 28.4 Å². The molecule has 128 valence electrons. The van der Waals surface area contributed by atoms with Crippen molar-refractivity contribution in [3.63, 3.8) is 0 Å². The smallest absolute Gasteiger partial charge is 0.251 e. The molecule has 0 bridgehead atoms. The van der Waals surface area contributed by atoms with E-state index < -0.39 is 0 Å². The molecule has 0 saturated carbocycles. The third-order valence-corrected chi connectivity index (χ3v) is 4.11. The monoisotopic (exact) mass is 357 g/mol. The summed E-state index contributed by atoms with van der Waals surface area (Å²) >= 11 is 6.07. The van der Waals surface area contributed by atoms with E-state index in [-0.39, 0.29) is 11.5 Å². The first kappa shape index (κ1) is 17.0. The van der Waals surface area contributed by atoms with Crippen molar-refractivity contribution in [2.75, 3.05) is 13.7 Å². The Morgan fingerprint density at radius 1 is 1.28 bits per heavy atom. The second kappa shape index (κ2) is 7.36.